The highest BCUT2D eigenvalue weighted by atomic mass is 16.4. The number of hydrogen-bond acceptors (Lipinski definition) is 3. The van der Waals surface area contributed by atoms with E-state index in [-0.39, 0.29) is 5.69 Å². The summed E-state index contributed by atoms with van der Waals surface area (Å²) >= 11 is 0. The molecule has 0 spiro atoms. The first-order chi connectivity index (χ1) is 8.90. The van der Waals surface area contributed by atoms with Crippen LogP contribution in [0.1, 0.15) is 23.0 Å². The minimum Gasteiger partial charge on any atom is -0.480 e. The van der Waals surface area contributed by atoms with Crippen LogP contribution in [-0.2, 0) is 4.79 Å². The number of carbonyl (C=O) groups excluding carboxylic acids is 1. The molecular weight excluding hydrogens is 246 g/mol. The Balaban J connectivity index is 2.33. The van der Waals surface area contributed by atoms with E-state index in [1.807, 2.05) is 25.3 Å². The number of aromatic nitrogens is 2. The number of hydrogen-bond donors (Lipinski definition) is 1. The van der Waals surface area contributed by atoms with E-state index in [4.69, 9.17) is 5.11 Å². The molecule has 1 unspecified atom stereocenters. The first kappa shape index (κ1) is 13.1. The highest BCUT2D eigenvalue weighted by Gasteiger charge is 2.24. The number of nitrogens with zero attached hydrogens (tertiary/aromatic N) is 3. The summed E-state index contributed by atoms with van der Waals surface area (Å²) in [5.74, 6) is -1.45. The van der Waals surface area contributed by atoms with Crippen LogP contribution in [0.15, 0.2) is 24.5 Å². The quantitative estimate of drug-likeness (QED) is 0.900. The molecule has 0 saturated heterocycles. The molecule has 0 aliphatic rings. The molecule has 100 valence electrons. The molecule has 2 rings (SSSR count). The summed E-state index contributed by atoms with van der Waals surface area (Å²) in [6, 6.07) is 2.88. The number of imidazole rings is 1. The third kappa shape index (κ3) is 2.42. The zero-order valence-corrected chi connectivity index (χ0v) is 11.0. The lowest BCUT2D eigenvalue weighted by molar-refractivity contribution is -0.141. The Kier molecular flexibility index (Phi) is 3.25. The van der Waals surface area contributed by atoms with Gasteiger partial charge in [0.2, 0.25) is 0 Å². The summed E-state index contributed by atoms with van der Waals surface area (Å²) in [5.41, 5.74) is 1.95. The van der Waals surface area contributed by atoms with E-state index in [1.165, 1.54) is 14.0 Å². The minimum absolute atomic E-state index is 0.237. The molecule has 6 nitrogen and oxygen atoms in total. The number of carbonyl (C=O) groups is 2. The Hall–Kier alpha value is -2.37. The second-order valence-corrected chi connectivity index (χ2v) is 4.53. The van der Waals surface area contributed by atoms with E-state index >= 15 is 0 Å². The number of carboxylic acids is 1. The fourth-order valence-corrected chi connectivity index (χ4v) is 1.71. The van der Waals surface area contributed by atoms with Gasteiger partial charge in [-0.3, -0.25) is 4.79 Å². The number of aryl methyl sites for hydroxylation is 1. The molecule has 2 aromatic heterocycles. The van der Waals surface area contributed by atoms with E-state index in [1.54, 1.807) is 10.6 Å². The summed E-state index contributed by atoms with van der Waals surface area (Å²) in [6.07, 6.45) is 3.41. The minimum atomic E-state index is -1.05. The highest BCUT2D eigenvalue weighted by Crippen LogP contribution is 2.10. The van der Waals surface area contributed by atoms with Crippen molar-refractivity contribution in [2.45, 2.75) is 19.9 Å². The van der Waals surface area contributed by atoms with E-state index in [0.29, 0.717) is 5.65 Å². The maximum absolute atomic E-state index is 12.1. The van der Waals surface area contributed by atoms with Crippen LogP contribution in [0.2, 0.25) is 0 Å². The highest BCUT2D eigenvalue weighted by molar-refractivity contribution is 5.95. The lowest BCUT2D eigenvalue weighted by Gasteiger charge is -2.20. The van der Waals surface area contributed by atoms with Gasteiger partial charge in [0.15, 0.2) is 0 Å². The van der Waals surface area contributed by atoms with Gasteiger partial charge in [0.25, 0.3) is 5.91 Å². The molecule has 1 atom stereocenters. The van der Waals surface area contributed by atoms with Gasteiger partial charge in [0, 0.05) is 19.4 Å². The molecule has 0 aromatic carbocycles. The molecule has 2 aromatic rings. The molecule has 0 radical (unpaired) electrons. The van der Waals surface area contributed by atoms with Gasteiger partial charge in [0.1, 0.15) is 17.4 Å². The predicted molar refractivity (Wildman–Crippen MR) is 69.1 cm³/mol. The van der Waals surface area contributed by atoms with Crippen LogP contribution in [-0.4, -0.2) is 44.4 Å². The topological polar surface area (TPSA) is 74.9 Å². The molecule has 0 fully saturated rings. The standard InChI is InChI=1S/C13H15N3O3/c1-8-4-5-16-7-10(14-11(16)6-8)12(17)15(3)9(2)13(18)19/h4-7,9H,1-3H3,(H,18,19). The van der Waals surface area contributed by atoms with Gasteiger partial charge in [-0.15, -0.1) is 0 Å². The largest absolute Gasteiger partial charge is 0.480 e. The van der Waals surface area contributed by atoms with E-state index in [2.05, 4.69) is 4.98 Å². The Morgan fingerprint density at radius 3 is 2.79 bits per heavy atom. The summed E-state index contributed by atoms with van der Waals surface area (Å²) in [6.45, 7) is 3.40. The Morgan fingerprint density at radius 2 is 2.16 bits per heavy atom. The maximum atomic E-state index is 12.1. The number of amides is 1. The van der Waals surface area contributed by atoms with Crippen LogP contribution >= 0.6 is 0 Å². The van der Waals surface area contributed by atoms with E-state index in [9.17, 15) is 9.59 Å². The molecule has 1 N–H and O–H groups in total. The monoisotopic (exact) mass is 261 g/mol. The molecular formula is C13H15N3O3. The van der Waals surface area contributed by atoms with Gasteiger partial charge >= 0.3 is 5.97 Å². The number of pyridine rings is 1. The number of likely N-dealkylation sites (N-methyl/N-ethyl adjacent to an activating group) is 1. The first-order valence-corrected chi connectivity index (χ1v) is 5.85. The van der Waals surface area contributed by atoms with Gasteiger partial charge in [-0.1, -0.05) is 0 Å². The summed E-state index contributed by atoms with van der Waals surface area (Å²) in [4.78, 5) is 28.4. The van der Waals surface area contributed by atoms with Gasteiger partial charge < -0.3 is 14.4 Å². The van der Waals surface area contributed by atoms with Gasteiger partial charge in [-0.25, -0.2) is 9.78 Å². The van der Waals surface area contributed by atoms with Gasteiger partial charge in [-0.2, -0.15) is 0 Å². The predicted octanol–water partition coefficient (Wildman–Crippen LogP) is 1.19. The molecule has 2 heterocycles. The van der Waals surface area contributed by atoms with Crippen molar-refractivity contribution in [3.63, 3.8) is 0 Å². The van der Waals surface area contributed by atoms with Crippen LogP contribution in [0.5, 0.6) is 0 Å². The SMILES string of the molecule is Cc1ccn2cc(C(=O)N(C)C(C)C(=O)O)nc2c1. The van der Waals surface area contributed by atoms with Crippen molar-refractivity contribution in [2.75, 3.05) is 7.05 Å². The fraction of sp³-hybridized carbons (Fsp3) is 0.308. The maximum Gasteiger partial charge on any atom is 0.326 e. The van der Waals surface area contributed by atoms with Crippen LogP contribution in [0.25, 0.3) is 5.65 Å². The Bertz CT molecular complexity index is 648. The Morgan fingerprint density at radius 1 is 1.47 bits per heavy atom. The van der Waals surface area contributed by atoms with Crippen molar-refractivity contribution in [3.8, 4) is 0 Å². The summed E-state index contributed by atoms with van der Waals surface area (Å²) in [7, 11) is 1.45. The van der Waals surface area contributed by atoms with Gasteiger partial charge in [0.05, 0.1) is 0 Å². The van der Waals surface area contributed by atoms with Crippen LogP contribution in [0.4, 0.5) is 0 Å². The smallest absolute Gasteiger partial charge is 0.326 e. The third-order valence-corrected chi connectivity index (χ3v) is 3.09. The van der Waals surface area contributed by atoms with Crippen molar-refractivity contribution in [2.24, 2.45) is 0 Å². The van der Waals surface area contributed by atoms with Crippen molar-refractivity contribution < 1.29 is 14.7 Å². The van der Waals surface area contributed by atoms with E-state index < -0.39 is 17.9 Å². The summed E-state index contributed by atoms with van der Waals surface area (Å²) < 4.78 is 1.74. The van der Waals surface area contributed by atoms with Crippen LogP contribution < -0.4 is 0 Å². The van der Waals surface area contributed by atoms with Crippen molar-refractivity contribution in [1.29, 1.82) is 0 Å². The zero-order valence-electron chi connectivity index (χ0n) is 11.0. The molecule has 0 bridgehead atoms. The van der Waals surface area contributed by atoms with Crippen LogP contribution in [0, 0.1) is 6.92 Å². The fourth-order valence-electron chi connectivity index (χ4n) is 1.71. The lowest BCUT2D eigenvalue weighted by atomic mass is 10.3. The molecule has 1 amide bonds. The molecule has 0 saturated carbocycles. The Labute approximate surface area is 110 Å². The molecule has 19 heavy (non-hydrogen) atoms. The molecule has 6 heteroatoms. The van der Waals surface area contributed by atoms with Gasteiger partial charge in [-0.05, 0) is 31.5 Å². The second kappa shape index (κ2) is 4.72. The third-order valence-electron chi connectivity index (χ3n) is 3.09. The van der Waals surface area contributed by atoms with E-state index in [0.717, 1.165) is 10.5 Å². The molecule has 0 aliphatic heterocycles. The molecule has 0 aliphatic carbocycles. The van der Waals surface area contributed by atoms with Crippen LogP contribution in [0.3, 0.4) is 0 Å². The number of fused-ring (bicyclic) bond motifs is 1. The number of aliphatic carboxylic acids is 1. The average molecular weight is 261 g/mol. The average Bonchev–Trinajstić information content (AvgIpc) is 2.78. The summed E-state index contributed by atoms with van der Waals surface area (Å²) in [5, 5.41) is 8.90. The number of rotatable bonds is 3. The zero-order chi connectivity index (χ0) is 14.2. The van der Waals surface area contributed by atoms with Crippen molar-refractivity contribution in [1.82, 2.24) is 14.3 Å². The normalized spacial score (nSPS) is 12.4. The van der Waals surface area contributed by atoms with Crippen molar-refractivity contribution in [3.05, 3.63) is 35.8 Å². The van der Waals surface area contributed by atoms with Crippen molar-refractivity contribution >= 4 is 17.5 Å². The lowest BCUT2D eigenvalue weighted by Crippen LogP contribution is -2.40. The second-order valence-electron chi connectivity index (χ2n) is 4.53. The first-order valence-electron chi connectivity index (χ1n) is 5.85. The number of carboxylic acid groups (broad SMARTS) is 1.